The van der Waals surface area contributed by atoms with Crippen molar-refractivity contribution in [2.45, 2.75) is 31.6 Å². The normalized spacial score (nSPS) is 17.7. The minimum atomic E-state index is -3.65. The van der Waals surface area contributed by atoms with E-state index in [9.17, 15) is 13.2 Å². The first-order valence-corrected chi connectivity index (χ1v) is 10.6. The van der Waals surface area contributed by atoms with Gasteiger partial charge in [-0.1, -0.05) is 18.2 Å². The van der Waals surface area contributed by atoms with Gasteiger partial charge in [-0.25, -0.2) is 8.42 Å². The molecule has 2 aromatic rings. The van der Waals surface area contributed by atoms with Crippen molar-refractivity contribution in [2.75, 3.05) is 18.4 Å². The summed E-state index contributed by atoms with van der Waals surface area (Å²) in [5.41, 5.74) is 2.58. The van der Waals surface area contributed by atoms with Crippen molar-refractivity contribution in [3.05, 3.63) is 59.2 Å². The molecular formula is C21H23N3O3S. The lowest BCUT2D eigenvalue weighted by Crippen LogP contribution is -2.43. The molecule has 2 aromatic carbocycles. The molecule has 0 aliphatic carbocycles. The van der Waals surface area contributed by atoms with Gasteiger partial charge in [-0.3, -0.25) is 4.79 Å². The van der Waals surface area contributed by atoms with Crippen LogP contribution in [0.15, 0.2) is 47.4 Å². The zero-order valence-electron chi connectivity index (χ0n) is 16.0. The molecule has 0 radical (unpaired) electrons. The van der Waals surface area contributed by atoms with Crippen molar-refractivity contribution in [2.24, 2.45) is 5.92 Å². The Morgan fingerprint density at radius 1 is 1.21 bits per heavy atom. The summed E-state index contributed by atoms with van der Waals surface area (Å²) in [4.78, 5) is 13.0. The average Bonchev–Trinajstić information content (AvgIpc) is 2.70. The van der Waals surface area contributed by atoms with E-state index < -0.39 is 15.9 Å². The lowest BCUT2D eigenvalue weighted by Gasteiger charge is -2.31. The number of anilines is 1. The van der Waals surface area contributed by atoms with Gasteiger partial charge in [-0.2, -0.15) is 9.57 Å². The third-order valence-electron chi connectivity index (χ3n) is 4.98. The smallest absolute Gasteiger partial charge is 0.243 e. The molecule has 0 aromatic heterocycles. The second-order valence-electron chi connectivity index (χ2n) is 7.15. The fourth-order valence-corrected chi connectivity index (χ4v) is 5.24. The topological polar surface area (TPSA) is 90.3 Å². The Bertz CT molecular complexity index is 1040. The van der Waals surface area contributed by atoms with E-state index in [0.717, 1.165) is 5.56 Å². The van der Waals surface area contributed by atoms with Crippen LogP contribution in [0.4, 0.5) is 5.69 Å². The van der Waals surface area contributed by atoms with Crippen LogP contribution in [0.3, 0.4) is 0 Å². The van der Waals surface area contributed by atoms with E-state index >= 15 is 0 Å². The molecule has 0 unspecified atom stereocenters. The average molecular weight is 398 g/mol. The zero-order valence-corrected chi connectivity index (χ0v) is 16.8. The lowest BCUT2D eigenvalue weighted by atomic mass is 9.98. The Hall–Kier alpha value is -2.69. The number of nitriles is 1. The Morgan fingerprint density at radius 3 is 2.75 bits per heavy atom. The first-order chi connectivity index (χ1) is 13.3. The number of benzene rings is 2. The van der Waals surface area contributed by atoms with E-state index in [4.69, 9.17) is 5.26 Å². The van der Waals surface area contributed by atoms with Gasteiger partial charge in [0.2, 0.25) is 15.9 Å². The molecule has 6 nitrogen and oxygen atoms in total. The summed E-state index contributed by atoms with van der Waals surface area (Å²) < 4.78 is 27.7. The predicted octanol–water partition coefficient (Wildman–Crippen LogP) is 3.21. The molecule has 28 heavy (non-hydrogen) atoms. The van der Waals surface area contributed by atoms with E-state index in [1.807, 2.05) is 19.1 Å². The molecule has 1 amide bonds. The number of hydrogen-bond donors (Lipinski definition) is 1. The van der Waals surface area contributed by atoms with Crippen LogP contribution in [0.25, 0.3) is 0 Å². The van der Waals surface area contributed by atoms with Gasteiger partial charge in [0.15, 0.2) is 0 Å². The van der Waals surface area contributed by atoms with Crippen LogP contribution < -0.4 is 5.32 Å². The van der Waals surface area contributed by atoms with Crippen LogP contribution in [-0.2, 0) is 14.8 Å². The van der Waals surface area contributed by atoms with Crippen LogP contribution in [0.1, 0.15) is 29.5 Å². The molecule has 7 heteroatoms. The van der Waals surface area contributed by atoms with Gasteiger partial charge < -0.3 is 5.32 Å². The van der Waals surface area contributed by atoms with Gasteiger partial charge in [0.1, 0.15) is 0 Å². The van der Waals surface area contributed by atoms with Gasteiger partial charge in [0.25, 0.3) is 0 Å². The molecule has 1 atom stereocenters. The summed E-state index contributed by atoms with van der Waals surface area (Å²) in [6.45, 7) is 4.20. The highest BCUT2D eigenvalue weighted by Gasteiger charge is 2.34. The van der Waals surface area contributed by atoms with Crippen LogP contribution in [0.5, 0.6) is 0 Å². The standard InChI is InChI=1S/C21H23N3O3S/c1-15-8-9-16(2)20(11-15)28(26,27)24-10-4-6-18(14-24)21(25)23-19-7-3-5-17(12-19)13-22/h3,5,7-9,11-12,18H,4,6,10,14H2,1-2H3,(H,23,25)/t18-/m1/s1. The van der Waals surface area contributed by atoms with Crippen molar-refractivity contribution in [1.29, 1.82) is 5.26 Å². The number of amides is 1. The molecule has 146 valence electrons. The Morgan fingerprint density at radius 2 is 2.00 bits per heavy atom. The zero-order chi connectivity index (χ0) is 20.3. The molecule has 0 spiro atoms. The third-order valence-corrected chi connectivity index (χ3v) is 6.98. The number of piperidine rings is 1. The van der Waals surface area contributed by atoms with Crippen LogP contribution in [0, 0.1) is 31.1 Å². The van der Waals surface area contributed by atoms with Crippen molar-refractivity contribution in [1.82, 2.24) is 4.31 Å². The molecule has 1 saturated heterocycles. The molecule has 1 heterocycles. The van der Waals surface area contributed by atoms with E-state index in [0.29, 0.717) is 41.1 Å². The molecule has 0 bridgehead atoms. The molecular weight excluding hydrogens is 374 g/mol. The number of rotatable bonds is 4. The second-order valence-corrected chi connectivity index (χ2v) is 9.06. The highest BCUT2D eigenvalue weighted by Crippen LogP contribution is 2.27. The molecule has 1 aliphatic rings. The van der Waals surface area contributed by atoms with E-state index in [1.165, 1.54) is 4.31 Å². The SMILES string of the molecule is Cc1ccc(C)c(S(=O)(=O)N2CCC[C@@H](C(=O)Nc3cccc(C#N)c3)C2)c1. The van der Waals surface area contributed by atoms with E-state index in [-0.39, 0.29) is 12.5 Å². The number of nitrogens with one attached hydrogen (secondary N) is 1. The summed E-state index contributed by atoms with van der Waals surface area (Å²) in [6, 6.07) is 14.1. The minimum absolute atomic E-state index is 0.152. The number of aryl methyl sites for hydroxylation is 2. The molecule has 1 aliphatic heterocycles. The maximum Gasteiger partial charge on any atom is 0.243 e. The van der Waals surface area contributed by atoms with Crippen LogP contribution in [-0.4, -0.2) is 31.7 Å². The molecule has 1 fully saturated rings. The number of carbonyl (C=O) groups is 1. The Kier molecular flexibility index (Phi) is 5.82. The van der Waals surface area contributed by atoms with Crippen molar-refractivity contribution in [3.8, 4) is 6.07 Å². The summed E-state index contributed by atoms with van der Waals surface area (Å²) in [6.07, 6.45) is 1.25. The van der Waals surface area contributed by atoms with Crippen molar-refractivity contribution < 1.29 is 13.2 Å². The lowest BCUT2D eigenvalue weighted by molar-refractivity contribution is -0.120. The Labute approximate surface area is 165 Å². The van der Waals surface area contributed by atoms with Gasteiger partial charge in [-0.05, 0) is 62.1 Å². The largest absolute Gasteiger partial charge is 0.326 e. The fraction of sp³-hybridized carbons (Fsp3) is 0.333. The first kappa shape index (κ1) is 20.1. The number of hydrogen-bond acceptors (Lipinski definition) is 4. The maximum absolute atomic E-state index is 13.1. The highest BCUT2D eigenvalue weighted by molar-refractivity contribution is 7.89. The first-order valence-electron chi connectivity index (χ1n) is 9.19. The van der Waals surface area contributed by atoms with Gasteiger partial charge in [0, 0.05) is 18.8 Å². The third kappa shape index (κ3) is 4.24. The van der Waals surface area contributed by atoms with Crippen molar-refractivity contribution >= 4 is 21.6 Å². The number of nitrogens with zero attached hydrogens (tertiary/aromatic N) is 2. The van der Waals surface area contributed by atoms with Gasteiger partial charge in [-0.15, -0.1) is 0 Å². The number of sulfonamides is 1. The fourth-order valence-electron chi connectivity index (χ4n) is 3.41. The van der Waals surface area contributed by atoms with E-state index in [1.54, 1.807) is 43.3 Å². The van der Waals surface area contributed by atoms with Gasteiger partial charge >= 0.3 is 0 Å². The van der Waals surface area contributed by atoms with Crippen LogP contribution in [0.2, 0.25) is 0 Å². The summed E-state index contributed by atoms with van der Waals surface area (Å²) in [5.74, 6) is -0.657. The highest BCUT2D eigenvalue weighted by atomic mass is 32.2. The minimum Gasteiger partial charge on any atom is -0.326 e. The molecule has 3 rings (SSSR count). The predicted molar refractivity (Wildman–Crippen MR) is 107 cm³/mol. The maximum atomic E-state index is 13.1. The monoisotopic (exact) mass is 397 g/mol. The quantitative estimate of drug-likeness (QED) is 0.858. The summed E-state index contributed by atoms with van der Waals surface area (Å²) in [5, 5.41) is 11.8. The van der Waals surface area contributed by atoms with E-state index in [2.05, 4.69) is 5.32 Å². The molecule has 0 saturated carbocycles. The number of carbonyl (C=O) groups excluding carboxylic acids is 1. The Balaban J connectivity index is 1.77. The van der Waals surface area contributed by atoms with Crippen LogP contribution >= 0.6 is 0 Å². The summed E-state index contributed by atoms with van der Waals surface area (Å²) in [7, 11) is -3.65. The molecule has 1 N–H and O–H groups in total. The van der Waals surface area contributed by atoms with Gasteiger partial charge in [0.05, 0.1) is 22.4 Å². The second kappa shape index (κ2) is 8.13. The summed E-state index contributed by atoms with van der Waals surface area (Å²) >= 11 is 0. The van der Waals surface area contributed by atoms with Crippen molar-refractivity contribution in [3.63, 3.8) is 0 Å².